The van der Waals surface area contributed by atoms with Crippen molar-refractivity contribution in [3.8, 4) is 0 Å². The summed E-state index contributed by atoms with van der Waals surface area (Å²) in [6, 6.07) is 20.1. The van der Waals surface area contributed by atoms with E-state index in [4.69, 9.17) is 4.98 Å². The van der Waals surface area contributed by atoms with Gasteiger partial charge in [0.1, 0.15) is 11.6 Å². The number of fused-ring (bicyclic) bond motifs is 1. The topological polar surface area (TPSA) is 32.3 Å². The Labute approximate surface area is 199 Å². The van der Waals surface area contributed by atoms with Gasteiger partial charge >= 0.3 is 6.18 Å². The number of rotatable bonds is 4. The van der Waals surface area contributed by atoms with Crippen molar-refractivity contribution in [1.82, 2.24) is 9.97 Å². The van der Waals surface area contributed by atoms with E-state index in [0.717, 1.165) is 11.4 Å². The molecule has 0 bridgehead atoms. The molecule has 1 radical (unpaired) electrons. The molecule has 0 spiro atoms. The first-order valence-corrected chi connectivity index (χ1v) is 9.93. The van der Waals surface area contributed by atoms with Crippen LogP contribution in [0.2, 0.25) is 0 Å². The first kappa shape index (κ1) is 24.2. The Kier molecular flexibility index (Phi) is 6.42. The van der Waals surface area contributed by atoms with Gasteiger partial charge in [0, 0.05) is 31.2 Å². The van der Waals surface area contributed by atoms with Crippen LogP contribution in [-0.4, -0.2) is 16.1 Å². The Morgan fingerprint density at radius 3 is 2.12 bits per heavy atom. The molecule has 8 heteroatoms. The summed E-state index contributed by atoms with van der Waals surface area (Å²) in [4.78, 5) is 12.9. The normalized spacial score (nSPS) is 14.2. The molecule has 1 aliphatic rings. The summed E-state index contributed by atoms with van der Waals surface area (Å²) in [5.41, 5.74) is -1.44. The van der Waals surface area contributed by atoms with E-state index < -0.39 is 17.0 Å². The van der Waals surface area contributed by atoms with Crippen LogP contribution in [0, 0.1) is 18.2 Å². The molecule has 1 aromatic heterocycles. The SMILES string of the molecule is CC(C)(c1cnc2c(n1)N(c1[c-]cccc1)[CH-]N2c1ccccc1)C(C)(C)C(F)(F)F.[Ir]. The van der Waals surface area contributed by atoms with Crippen molar-refractivity contribution in [3.63, 3.8) is 0 Å². The molecule has 4 rings (SSSR count). The number of aromatic nitrogens is 2. The summed E-state index contributed by atoms with van der Waals surface area (Å²) < 4.78 is 41.5. The Morgan fingerprint density at radius 1 is 0.875 bits per heavy atom. The Balaban J connectivity index is 0.00000289. The van der Waals surface area contributed by atoms with Gasteiger partial charge in [-0.1, -0.05) is 45.9 Å². The largest absolute Gasteiger partial charge is 0.477 e. The molecule has 2 heterocycles. The summed E-state index contributed by atoms with van der Waals surface area (Å²) in [6.07, 6.45) is -2.94. The zero-order valence-electron chi connectivity index (χ0n) is 18.1. The van der Waals surface area contributed by atoms with Gasteiger partial charge in [-0.2, -0.15) is 43.5 Å². The fourth-order valence-corrected chi connectivity index (χ4v) is 3.39. The number of nitrogens with zero attached hydrogens (tertiary/aromatic N) is 4. The van der Waals surface area contributed by atoms with Gasteiger partial charge in [-0.3, -0.25) is 0 Å². The van der Waals surface area contributed by atoms with E-state index in [1.54, 1.807) is 24.8 Å². The predicted molar refractivity (Wildman–Crippen MR) is 115 cm³/mol. The van der Waals surface area contributed by atoms with Gasteiger partial charge in [0.15, 0.2) is 0 Å². The molecule has 2 aromatic carbocycles. The number of hydrogen-bond acceptors (Lipinski definition) is 4. The van der Waals surface area contributed by atoms with Crippen LogP contribution < -0.4 is 9.80 Å². The minimum Gasteiger partial charge on any atom is -0.477 e. The van der Waals surface area contributed by atoms with Crippen molar-refractivity contribution in [2.45, 2.75) is 39.3 Å². The van der Waals surface area contributed by atoms with E-state index in [1.807, 2.05) is 60.1 Å². The van der Waals surface area contributed by atoms with Crippen LogP contribution in [0.5, 0.6) is 0 Å². The number of anilines is 4. The van der Waals surface area contributed by atoms with E-state index >= 15 is 0 Å². The number of halogens is 3. The maximum atomic E-state index is 13.8. The summed E-state index contributed by atoms with van der Waals surface area (Å²) in [7, 11) is 0. The molecule has 0 aliphatic carbocycles. The van der Waals surface area contributed by atoms with Gasteiger partial charge in [-0.05, 0) is 12.1 Å². The van der Waals surface area contributed by atoms with Gasteiger partial charge in [0.2, 0.25) is 0 Å². The molecule has 0 atom stereocenters. The molecule has 0 saturated carbocycles. The van der Waals surface area contributed by atoms with Gasteiger partial charge in [-0.25, -0.2) is 9.97 Å². The molecule has 1 aliphatic heterocycles. The Hall–Kier alpha value is -2.44. The second-order valence-electron chi connectivity index (χ2n) is 8.59. The van der Waals surface area contributed by atoms with Crippen LogP contribution in [0.25, 0.3) is 0 Å². The summed E-state index contributed by atoms with van der Waals surface area (Å²) in [5.74, 6) is 1.02. The van der Waals surface area contributed by atoms with Gasteiger partial charge in [0.25, 0.3) is 0 Å². The van der Waals surface area contributed by atoms with Crippen LogP contribution >= 0.6 is 0 Å². The second-order valence-corrected chi connectivity index (χ2v) is 8.59. The van der Waals surface area contributed by atoms with Gasteiger partial charge < -0.3 is 9.80 Å². The number of alkyl halides is 3. The molecular weight excluding hydrogens is 594 g/mol. The van der Waals surface area contributed by atoms with Crippen LogP contribution in [0.15, 0.2) is 60.8 Å². The molecule has 171 valence electrons. The second kappa shape index (κ2) is 8.49. The third kappa shape index (κ3) is 3.90. The zero-order valence-corrected chi connectivity index (χ0v) is 20.5. The van der Waals surface area contributed by atoms with Crippen molar-refractivity contribution in [2.75, 3.05) is 9.80 Å². The van der Waals surface area contributed by atoms with Crippen molar-refractivity contribution in [2.24, 2.45) is 5.41 Å². The van der Waals surface area contributed by atoms with E-state index in [2.05, 4.69) is 11.1 Å². The summed E-state index contributed by atoms with van der Waals surface area (Å²) in [5, 5.41) is 0. The van der Waals surface area contributed by atoms with Crippen LogP contribution in [0.4, 0.5) is 36.2 Å². The molecule has 0 unspecified atom stereocenters. The van der Waals surface area contributed by atoms with Crippen molar-refractivity contribution >= 4 is 23.0 Å². The van der Waals surface area contributed by atoms with Crippen molar-refractivity contribution in [3.05, 3.63) is 79.2 Å². The molecule has 0 saturated heterocycles. The Morgan fingerprint density at radius 2 is 1.53 bits per heavy atom. The van der Waals surface area contributed by atoms with Crippen molar-refractivity contribution in [1.29, 1.82) is 0 Å². The fraction of sp³-hybridized carbons (Fsp3) is 0.292. The van der Waals surface area contributed by atoms with E-state index in [-0.39, 0.29) is 25.8 Å². The minimum absolute atomic E-state index is 0. The summed E-state index contributed by atoms with van der Waals surface area (Å²) in [6.45, 7) is 7.35. The van der Waals surface area contributed by atoms with E-state index in [9.17, 15) is 13.2 Å². The maximum Gasteiger partial charge on any atom is 0.394 e. The zero-order chi connectivity index (χ0) is 22.4. The third-order valence-corrected chi connectivity index (χ3v) is 6.32. The third-order valence-electron chi connectivity index (χ3n) is 6.32. The average molecular weight is 617 g/mol. The minimum atomic E-state index is -4.40. The molecule has 0 fully saturated rings. The molecule has 3 aromatic rings. The number of hydrogen-bond donors (Lipinski definition) is 0. The molecule has 32 heavy (non-hydrogen) atoms. The monoisotopic (exact) mass is 617 g/mol. The van der Waals surface area contributed by atoms with E-state index in [0.29, 0.717) is 11.6 Å². The summed E-state index contributed by atoms with van der Waals surface area (Å²) >= 11 is 0. The molecule has 0 N–H and O–H groups in total. The molecule has 0 amide bonds. The van der Waals surface area contributed by atoms with Crippen LogP contribution in [0.1, 0.15) is 33.4 Å². The number of para-hydroxylation sites is 2. The first-order valence-electron chi connectivity index (χ1n) is 9.93. The van der Waals surface area contributed by atoms with E-state index in [1.165, 1.54) is 20.0 Å². The quantitative estimate of drug-likeness (QED) is 0.312. The standard InChI is InChI=1S/C24H23F3N4.Ir/c1-22(2,23(3,4)24(25,26)27)19-15-28-20-21(29-19)31(18-13-9-6-10-14-18)16-30(20)17-11-7-5-8-12-17;/h5-13,15-16H,1-4H3;/q-2;. The van der Waals surface area contributed by atoms with Crippen LogP contribution in [0.3, 0.4) is 0 Å². The maximum absolute atomic E-state index is 13.8. The molecular formula is C24H23F3IrN4-2. The first-order chi connectivity index (χ1) is 14.5. The predicted octanol–water partition coefficient (Wildman–Crippen LogP) is 6.55. The number of benzene rings is 2. The van der Waals surface area contributed by atoms with Gasteiger partial charge in [0.05, 0.1) is 17.3 Å². The smallest absolute Gasteiger partial charge is 0.394 e. The Bertz CT molecular complexity index is 1070. The average Bonchev–Trinajstić information content (AvgIpc) is 3.13. The molecule has 4 nitrogen and oxygen atoms in total. The van der Waals surface area contributed by atoms with Crippen LogP contribution in [-0.2, 0) is 25.5 Å². The van der Waals surface area contributed by atoms with Crippen molar-refractivity contribution < 1.29 is 33.3 Å². The van der Waals surface area contributed by atoms with Gasteiger partial charge in [-0.15, -0.1) is 12.4 Å². The fourth-order valence-electron chi connectivity index (χ4n) is 3.39.